The third kappa shape index (κ3) is 5.78. The highest BCUT2D eigenvalue weighted by molar-refractivity contribution is 14.1. The molecule has 3 rings (SSSR count). The Balaban J connectivity index is 1.59. The Kier molecular flexibility index (Phi) is 6.83. The number of carbonyl (C=O) groups is 1. The van der Waals surface area contributed by atoms with E-state index in [9.17, 15) is 14.9 Å². The fourth-order valence-corrected chi connectivity index (χ4v) is 2.91. The van der Waals surface area contributed by atoms with E-state index in [2.05, 4.69) is 38.4 Å². The maximum atomic E-state index is 11.8. The van der Waals surface area contributed by atoms with Gasteiger partial charge in [0.15, 0.2) is 0 Å². The minimum atomic E-state index is -0.529. The molecule has 29 heavy (non-hydrogen) atoms. The molecular weight excluding hydrogens is 511 g/mol. The van der Waals surface area contributed by atoms with Crippen molar-refractivity contribution < 1.29 is 14.1 Å². The van der Waals surface area contributed by atoms with Crippen molar-refractivity contribution in [1.82, 2.24) is 5.43 Å². The first kappa shape index (κ1) is 20.8. The minimum Gasteiger partial charge on any atom is -0.455 e. The van der Waals surface area contributed by atoms with Gasteiger partial charge in [-0.05, 0) is 71.1 Å². The molecule has 148 valence electrons. The summed E-state index contributed by atoms with van der Waals surface area (Å²) in [4.78, 5) is 22.5. The number of hydrogen-bond donors (Lipinski definition) is 2. The zero-order valence-corrected chi connectivity index (χ0v) is 17.7. The van der Waals surface area contributed by atoms with E-state index in [0.717, 1.165) is 9.26 Å². The van der Waals surface area contributed by atoms with Crippen LogP contribution in [0, 0.1) is 13.7 Å². The number of nitro benzene ring substituents is 1. The van der Waals surface area contributed by atoms with Crippen LogP contribution in [0.4, 0.5) is 11.4 Å². The van der Waals surface area contributed by atoms with Crippen LogP contribution in [0.5, 0.6) is 0 Å². The molecule has 8 nitrogen and oxygen atoms in total. The maximum absolute atomic E-state index is 11.8. The van der Waals surface area contributed by atoms with Crippen molar-refractivity contribution in [3.8, 4) is 11.3 Å². The Morgan fingerprint density at radius 2 is 1.97 bits per heavy atom. The summed E-state index contributed by atoms with van der Waals surface area (Å²) in [5, 5.41) is 18.3. The van der Waals surface area contributed by atoms with Crippen LogP contribution in [0.15, 0.2) is 64.1 Å². The molecule has 10 heteroatoms. The van der Waals surface area contributed by atoms with Gasteiger partial charge in [0.25, 0.3) is 11.6 Å². The monoisotopic (exact) mass is 524 g/mol. The standard InChI is InChI=1S/C19H14ClIN4O4/c20-12-1-7-16(17(9-12)25(27)28)18-8-6-15(29-18)10-23-24-19(26)11-22-14-4-2-13(21)3-5-14/h1-10,22H,11H2,(H,24,26)/b23-10-. The average molecular weight is 525 g/mol. The smallest absolute Gasteiger partial charge is 0.281 e. The Bertz CT molecular complexity index is 1070. The summed E-state index contributed by atoms with van der Waals surface area (Å²) in [5.74, 6) is 0.289. The van der Waals surface area contributed by atoms with E-state index >= 15 is 0 Å². The Labute approximate surface area is 184 Å². The highest BCUT2D eigenvalue weighted by Gasteiger charge is 2.18. The number of nitrogens with zero attached hydrogens (tertiary/aromatic N) is 2. The van der Waals surface area contributed by atoms with E-state index < -0.39 is 4.92 Å². The van der Waals surface area contributed by atoms with Gasteiger partial charge in [-0.3, -0.25) is 14.9 Å². The molecule has 0 spiro atoms. The third-order valence-corrected chi connectivity index (χ3v) is 4.68. The van der Waals surface area contributed by atoms with Crippen LogP contribution in [0.3, 0.4) is 0 Å². The lowest BCUT2D eigenvalue weighted by Gasteiger charge is -2.04. The van der Waals surface area contributed by atoms with Gasteiger partial charge in [0.1, 0.15) is 11.5 Å². The average Bonchev–Trinajstić information content (AvgIpc) is 3.16. The molecule has 0 saturated heterocycles. The van der Waals surface area contributed by atoms with Crippen LogP contribution in [0.25, 0.3) is 11.3 Å². The van der Waals surface area contributed by atoms with E-state index in [-0.39, 0.29) is 23.2 Å². The number of nitrogens with one attached hydrogen (secondary N) is 2. The molecule has 1 heterocycles. The minimum absolute atomic E-state index is 0.0539. The van der Waals surface area contributed by atoms with Crippen molar-refractivity contribution in [3.05, 3.63) is 79.1 Å². The summed E-state index contributed by atoms with van der Waals surface area (Å²) < 4.78 is 6.66. The number of nitro groups is 1. The molecule has 3 aromatic rings. The second kappa shape index (κ2) is 9.52. The summed E-state index contributed by atoms with van der Waals surface area (Å²) in [6.45, 7) is 0.0539. The first-order valence-electron chi connectivity index (χ1n) is 8.28. The molecule has 0 atom stereocenters. The molecule has 0 unspecified atom stereocenters. The van der Waals surface area contributed by atoms with E-state index in [0.29, 0.717) is 17.1 Å². The SMILES string of the molecule is O=C(CNc1ccc(I)cc1)N/N=C\c1ccc(-c2ccc(Cl)cc2[N+](=O)[O-])o1. The lowest BCUT2D eigenvalue weighted by Crippen LogP contribution is -2.25. The lowest BCUT2D eigenvalue weighted by molar-refractivity contribution is -0.384. The molecule has 1 amide bonds. The van der Waals surface area contributed by atoms with Gasteiger partial charge in [-0.2, -0.15) is 5.10 Å². The van der Waals surface area contributed by atoms with E-state index in [1.165, 1.54) is 18.3 Å². The highest BCUT2D eigenvalue weighted by Crippen LogP contribution is 2.33. The quantitative estimate of drug-likeness (QED) is 0.202. The second-order valence-electron chi connectivity index (χ2n) is 5.77. The van der Waals surface area contributed by atoms with Crippen molar-refractivity contribution in [2.24, 2.45) is 5.10 Å². The van der Waals surface area contributed by atoms with Gasteiger partial charge in [0.05, 0.1) is 23.2 Å². The molecule has 0 aliphatic heterocycles. The second-order valence-corrected chi connectivity index (χ2v) is 7.46. The molecule has 0 saturated carbocycles. The van der Waals surface area contributed by atoms with Crippen molar-refractivity contribution in [1.29, 1.82) is 0 Å². The Hall–Kier alpha value is -2.92. The molecule has 0 fully saturated rings. The fourth-order valence-electron chi connectivity index (χ4n) is 2.39. The van der Waals surface area contributed by atoms with Crippen LogP contribution < -0.4 is 10.7 Å². The van der Waals surface area contributed by atoms with Gasteiger partial charge in [-0.15, -0.1) is 0 Å². The van der Waals surface area contributed by atoms with Crippen LogP contribution in [0.1, 0.15) is 5.76 Å². The first-order chi connectivity index (χ1) is 13.9. The normalized spacial score (nSPS) is 10.8. The summed E-state index contributed by atoms with van der Waals surface area (Å²) in [6.07, 6.45) is 1.31. The summed E-state index contributed by atoms with van der Waals surface area (Å²) in [6, 6.07) is 15.1. The van der Waals surface area contributed by atoms with E-state index in [4.69, 9.17) is 16.0 Å². The molecule has 2 aromatic carbocycles. The number of amides is 1. The fraction of sp³-hybridized carbons (Fsp3) is 0.0526. The number of rotatable bonds is 7. The number of anilines is 1. The van der Waals surface area contributed by atoms with Crippen LogP contribution in [-0.2, 0) is 4.79 Å². The predicted octanol–water partition coefficient (Wildman–Crippen LogP) is 4.68. The lowest BCUT2D eigenvalue weighted by atomic mass is 10.1. The number of furan rings is 1. The Morgan fingerprint density at radius 3 is 2.69 bits per heavy atom. The van der Waals surface area contributed by atoms with Crippen LogP contribution >= 0.6 is 34.2 Å². The number of benzene rings is 2. The summed E-state index contributed by atoms with van der Waals surface area (Å²) in [7, 11) is 0. The number of halogens is 2. The third-order valence-electron chi connectivity index (χ3n) is 3.73. The molecule has 0 bridgehead atoms. The van der Waals surface area contributed by atoms with Gasteiger partial charge < -0.3 is 9.73 Å². The zero-order chi connectivity index (χ0) is 20.8. The topological polar surface area (TPSA) is 110 Å². The van der Waals surface area contributed by atoms with Crippen molar-refractivity contribution in [2.45, 2.75) is 0 Å². The van der Waals surface area contributed by atoms with Crippen LogP contribution in [0.2, 0.25) is 5.02 Å². The molecule has 0 aliphatic carbocycles. The summed E-state index contributed by atoms with van der Waals surface area (Å²) >= 11 is 8.02. The van der Waals surface area contributed by atoms with Crippen molar-refractivity contribution >= 4 is 57.7 Å². The predicted molar refractivity (Wildman–Crippen MR) is 119 cm³/mol. The van der Waals surface area contributed by atoms with E-state index in [1.807, 2.05) is 24.3 Å². The molecule has 0 aliphatic rings. The molecular formula is C19H14ClIN4O4. The highest BCUT2D eigenvalue weighted by atomic mass is 127. The van der Waals surface area contributed by atoms with Gasteiger partial charge >= 0.3 is 0 Å². The van der Waals surface area contributed by atoms with Crippen molar-refractivity contribution in [2.75, 3.05) is 11.9 Å². The van der Waals surface area contributed by atoms with Gasteiger partial charge in [-0.1, -0.05) is 11.6 Å². The number of carbonyl (C=O) groups excluding carboxylic acids is 1. The largest absolute Gasteiger partial charge is 0.455 e. The van der Waals surface area contributed by atoms with Gasteiger partial charge in [0.2, 0.25) is 0 Å². The first-order valence-corrected chi connectivity index (χ1v) is 9.73. The molecule has 1 aromatic heterocycles. The summed E-state index contributed by atoms with van der Waals surface area (Å²) in [5.41, 5.74) is 3.34. The number of hydrazone groups is 1. The van der Waals surface area contributed by atoms with Crippen molar-refractivity contribution in [3.63, 3.8) is 0 Å². The Morgan fingerprint density at radius 1 is 1.21 bits per heavy atom. The van der Waals surface area contributed by atoms with Gasteiger partial charge in [0, 0.05) is 20.3 Å². The number of hydrogen-bond acceptors (Lipinski definition) is 6. The molecule has 0 radical (unpaired) electrons. The zero-order valence-electron chi connectivity index (χ0n) is 14.8. The van der Waals surface area contributed by atoms with E-state index in [1.54, 1.807) is 18.2 Å². The maximum Gasteiger partial charge on any atom is 0.281 e. The molecule has 2 N–H and O–H groups in total. The van der Waals surface area contributed by atoms with Gasteiger partial charge in [-0.25, -0.2) is 5.43 Å². The van der Waals surface area contributed by atoms with Crippen LogP contribution in [-0.4, -0.2) is 23.6 Å².